The van der Waals surface area contributed by atoms with Gasteiger partial charge in [-0.2, -0.15) is 0 Å². The Kier molecular flexibility index (Phi) is 5.72. The molecule has 6 nitrogen and oxygen atoms in total. The zero-order valence-electron chi connectivity index (χ0n) is 12.6. The molecule has 1 amide bonds. The molecule has 0 saturated carbocycles. The molecule has 0 unspecified atom stereocenters. The van der Waals surface area contributed by atoms with Gasteiger partial charge >= 0.3 is 0 Å². The molecule has 0 aliphatic rings. The highest BCUT2D eigenvalue weighted by molar-refractivity contribution is 7.90. The highest BCUT2D eigenvalue weighted by Gasteiger charge is 2.11. The summed E-state index contributed by atoms with van der Waals surface area (Å²) in [6.07, 6.45) is 1.08. The van der Waals surface area contributed by atoms with Gasteiger partial charge in [0.25, 0.3) is 5.91 Å². The average Bonchev–Trinajstić information content (AvgIpc) is 2.54. The summed E-state index contributed by atoms with van der Waals surface area (Å²) in [7, 11) is -3.36. The van der Waals surface area contributed by atoms with Gasteiger partial charge in [0.1, 0.15) is 19.0 Å². The maximum Gasteiger partial charge on any atom is 0.274 e. The standard InChI is InChI=1S/C16H17NO5S/c1-23(19,20)15-9-5-6-13(12-15)16(18)17-22-11-10-21-14-7-3-2-4-8-14/h2-9,12H,10-11H2,1H3,(H,17,18). The number of hydrogen-bond donors (Lipinski definition) is 1. The topological polar surface area (TPSA) is 81.7 Å². The lowest BCUT2D eigenvalue weighted by Crippen LogP contribution is -2.26. The first-order chi connectivity index (χ1) is 11.0. The van der Waals surface area contributed by atoms with Crippen LogP contribution in [0.2, 0.25) is 0 Å². The van der Waals surface area contributed by atoms with Gasteiger partial charge in [0, 0.05) is 11.8 Å². The van der Waals surface area contributed by atoms with Crippen molar-refractivity contribution in [3.05, 3.63) is 60.2 Å². The lowest BCUT2D eigenvalue weighted by atomic mass is 10.2. The molecule has 1 N–H and O–H groups in total. The van der Waals surface area contributed by atoms with Gasteiger partial charge in [0.2, 0.25) is 0 Å². The number of ether oxygens (including phenoxy) is 1. The third kappa shape index (κ3) is 5.39. The van der Waals surface area contributed by atoms with Crippen LogP contribution in [0.5, 0.6) is 5.75 Å². The molecule has 2 aromatic rings. The molecule has 23 heavy (non-hydrogen) atoms. The Morgan fingerprint density at radius 3 is 2.48 bits per heavy atom. The Labute approximate surface area is 134 Å². The minimum Gasteiger partial charge on any atom is -0.491 e. The molecule has 0 fully saturated rings. The largest absolute Gasteiger partial charge is 0.491 e. The van der Waals surface area contributed by atoms with Crippen molar-refractivity contribution in [3.63, 3.8) is 0 Å². The predicted octanol–water partition coefficient (Wildman–Crippen LogP) is 1.83. The van der Waals surface area contributed by atoms with Crippen LogP contribution in [-0.4, -0.2) is 33.8 Å². The van der Waals surface area contributed by atoms with E-state index in [4.69, 9.17) is 9.57 Å². The number of rotatable bonds is 7. The smallest absolute Gasteiger partial charge is 0.274 e. The molecule has 0 saturated heterocycles. The Morgan fingerprint density at radius 2 is 1.78 bits per heavy atom. The summed E-state index contributed by atoms with van der Waals surface area (Å²) in [5, 5.41) is 0. The van der Waals surface area contributed by atoms with Crippen LogP contribution >= 0.6 is 0 Å². The molecule has 0 aromatic heterocycles. The lowest BCUT2D eigenvalue weighted by molar-refractivity contribution is 0.0200. The summed E-state index contributed by atoms with van der Waals surface area (Å²) in [4.78, 5) is 17.0. The van der Waals surface area contributed by atoms with Crippen LogP contribution in [0, 0.1) is 0 Å². The van der Waals surface area contributed by atoms with Crippen LogP contribution in [0.15, 0.2) is 59.5 Å². The molecule has 7 heteroatoms. The zero-order valence-corrected chi connectivity index (χ0v) is 13.4. The van der Waals surface area contributed by atoms with E-state index in [1.54, 1.807) is 0 Å². The minimum atomic E-state index is -3.36. The normalized spacial score (nSPS) is 11.0. The van der Waals surface area contributed by atoms with Gasteiger partial charge in [-0.15, -0.1) is 0 Å². The van der Waals surface area contributed by atoms with Gasteiger partial charge in [-0.1, -0.05) is 24.3 Å². The third-order valence-electron chi connectivity index (χ3n) is 2.89. The van der Waals surface area contributed by atoms with E-state index in [1.165, 1.54) is 24.3 Å². The van der Waals surface area contributed by atoms with Crippen LogP contribution in [0.4, 0.5) is 0 Å². The van der Waals surface area contributed by atoms with Crippen molar-refractivity contribution in [2.24, 2.45) is 0 Å². The number of sulfone groups is 1. The van der Waals surface area contributed by atoms with Crippen molar-refractivity contribution >= 4 is 15.7 Å². The highest BCUT2D eigenvalue weighted by atomic mass is 32.2. The fraction of sp³-hybridized carbons (Fsp3) is 0.188. The van der Waals surface area contributed by atoms with Crippen molar-refractivity contribution in [2.45, 2.75) is 4.90 Å². The number of nitrogens with one attached hydrogen (secondary N) is 1. The molecule has 122 valence electrons. The summed E-state index contributed by atoms with van der Waals surface area (Å²) in [5.74, 6) is 0.193. The third-order valence-corrected chi connectivity index (χ3v) is 4.00. The van der Waals surface area contributed by atoms with Crippen molar-refractivity contribution in [1.29, 1.82) is 0 Å². The number of para-hydroxylation sites is 1. The average molecular weight is 335 g/mol. The van der Waals surface area contributed by atoms with E-state index < -0.39 is 15.7 Å². The molecule has 0 heterocycles. The number of carbonyl (C=O) groups is 1. The first kappa shape index (κ1) is 17.0. The number of hydrogen-bond acceptors (Lipinski definition) is 5. The quantitative estimate of drug-likeness (QED) is 0.617. The van der Waals surface area contributed by atoms with Crippen LogP contribution in [0.3, 0.4) is 0 Å². The molecule has 0 aliphatic carbocycles. The van der Waals surface area contributed by atoms with Gasteiger partial charge < -0.3 is 4.74 Å². The monoisotopic (exact) mass is 335 g/mol. The second kappa shape index (κ2) is 7.75. The molecule has 0 aliphatic heterocycles. The molecule has 2 aromatic carbocycles. The maximum atomic E-state index is 11.9. The molecular weight excluding hydrogens is 318 g/mol. The van der Waals surface area contributed by atoms with E-state index in [1.807, 2.05) is 30.3 Å². The Balaban J connectivity index is 1.79. The number of benzene rings is 2. The lowest BCUT2D eigenvalue weighted by Gasteiger charge is -2.08. The summed E-state index contributed by atoms with van der Waals surface area (Å²) in [6.45, 7) is 0.431. The van der Waals surface area contributed by atoms with E-state index in [2.05, 4.69) is 5.48 Å². The molecule has 0 atom stereocenters. The summed E-state index contributed by atoms with van der Waals surface area (Å²) >= 11 is 0. The van der Waals surface area contributed by atoms with Crippen molar-refractivity contribution in [3.8, 4) is 5.75 Å². The summed E-state index contributed by atoms with van der Waals surface area (Å²) in [5.41, 5.74) is 2.46. The van der Waals surface area contributed by atoms with E-state index >= 15 is 0 Å². The molecule has 2 rings (SSSR count). The number of amides is 1. The van der Waals surface area contributed by atoms with Crippen molar-refractivity contribution in [2.75, 3.05) is 19.5 Å². The van der Waals surface area contributed by atoms with E-state index in [9.17, 15) is 13.2 Å². The predicted molar refractivity (Wildman–Crippen MR) is 84.9 cm³/mol. The molecule has 0 bridgehead atoms. The van der Waals surface area contributed by atoms with Crippen molar-refractivity contribution < 1.29 is 22.8 Å². The van der Waals surface area contributed by atoms with Crippen LogP contribution in [0.1, 0.15) is 10.4 Å². The summed E-state index contributed by atoms with van der Waals surface area (Å²) < 4.78 is 28.3. The Hall–Kier alpha value is -2.38. The van der Waals surface area contributed by atoms with E-state index in [-0.39, 0.29) is 23.7 Å². The van der Waals surface area contributed by atoms with Crippen LogP contribution in [0.25, 0.3) is 0 Å². The van der Waals surface area contributed by atoms with Gasteiger partial charge in [-0.25, -0.2) is 13.9 Å². The van der Waals surface area contributed by atoms with E-state index in [0.717, 1.165) is 6.26 Å². The van der Waals surface area contributed by atoms with Gasteiger partial charge in [-0.05, 0) is 30.3 Å². The Morgan fingerprint density at radius 1 is 1.04 bits per heavy atom. The first-order valence-electron chi connectivity index (χ1n) is 6.87. The fourth-order valence-electron chi connectivity index (χ4n) is 1.76. The highest BCUT2D eigenvalue weighted by Crippen LogP contribution is 2.11. The fourth-order valence-corrected chi connectivity index (χ4v) is 2.43. The second-order valence-electron chi connectivity index (χ2n) is 4.74. The SMILES string of the molecule is CS(=O)(=O)c1cccc(C(=O)NOCCOc2ccccc2)c1. The molecular formula is C16H17NO5S. The number of carbonyl (C=O) groups excluding carboxylic acids is 1. The molecule has 0 radical (unpaired) electrons. The minimum absolute atomic E-state index is 0.0811. The zero-order chi connectivity index (χ0) is 16.7. The second-order valence-corrected chi connectivity index (χ2v) is 6.76. The number of hydroxylamine groups is 1. The summed E-state index contributed by atoms with van der Waals surface area (Å²) in [6, 6.07) is 15.0. The van der Waals surface area contributed by atoms with Crippen LogP contribution < -0.4 is 10.2 Å². The van der Waals surface area contributed by atoms with E-state index in [0.29, 0.717) is 5.75 Å². The van der Waals surface area contributed by atoms with Gasteiger partial charge in [-0.3, -0.25) is 9.63 Å². The van der Waals surface area contributed by atoms with Gasteiger partial charge in [0.05, 0.1) is 4.90 Å². The van der Waals surface area contributed by atoms with Gasteiger partial charge in [0.15, 0.2) is 9.84 Å². The Bertz CT molecular complexity index is 759. The van der Waals surface area contributed by atoms with Crippen LogP contribution in [-0.2, 0) is 14.7 Å². The first-order valence-corrected chi connectivity index (χ1v) is 8.76. The maximum absolute atomic E-state index is 11.9. The van der Waals surface area contributed by atoms with Crippen molar-refractivity contribution in [1.82, 2.24) is 5.48 Å². The molecule has 0 spiro atoms.